The molecule has 0 spiro atoms. The van der Waals surface area contributed by atoms with Gasteiger partial charge in [0.25, 0.3) is 0 Å². The smallest absolute Gasteiger partial charge is 0.337 e. The maximum absolute atomic E-state index is 11.7. The lowest BCUT2D eigenvalue weighted by Gasteiger charge is -2.25. The van der Waals surface area contributed by atoms with Crippen LogP contribution in [0.2, 0.25) is 0 Å². The van der Waals surface area contributed by atoms with Crippen LogP contribution in [0.15, 0.2) is 72.8 Å². The molecule has 0 radical (unpaired) electrons. The Kier molecular flexibility index (Phi) is 8.34. The molecule has 178 valence electrons. The van der Waals surface area contributed by atoms with Crippen molar-refractivity contribution < 1.29 is 15.0 Å². The van der Waals surface area contributed by atoms with Crippen LogP contribution in [0.4, 0.5) is 5.69 Å². The van der Waals surface area contributed by atoms with Gasteiger partial charge in [0.1, 0.15) is 0 Å². The maximum Gasteiger partial charge on any atom is 0.337 e. The first-order valence-corrected chi connectivity index (χ1v) is 12.3. The normalized spacial score (nSPS) is 15.1. The minimum atomic E-state index is -0.898. The third-order valence-corrected chi connectivity index (χ3v) is 6.61. The number of aromatic carboxylic acids is 1. The standard InChI is InChI=1S/C29H34N2O3/c32-28(23-7-3-1-4-8-23)20-30-18-17-21-11-13-22(14-12-21)24-15-16-26(29(33)34)27(19-24)31-25-9-5-2-6-10-25/h1,3-4,7-8,11-16,19,25,28,30-32H,2,5-6,9-10,17-18,20H2,(H,33,34)/t28-/m1/s1. The van der Waals surface area contributed by atoms with E-state index in [0.717, 1.165) is 42.5 Å². The van der Waals surface area contributed by atoms with Crippen LogP contribution in [0.5, 0.6) is 0 Å². The van der Waals surface area contributed by atoms with Crippen LogP contribution in [0.1, 0.15) is 59.7 Å². The molecule has 0 heterocycles. The minimum absolute atomic E-state index is 0.328. The first-order valence-electron chi connectivity index (χ1n) is 12.3. The molecule has 3 aromatic carbocycles. The second-order valence-electron chi connectivity index (χ2n) is 9.12. The Bertz CT molecular complexity index is 1060. The zero-order chi connectivity index (χ0) is 23.8. The molecule has 0 amide bonds. The Balaban J connectivity index is 1.35. The van der Waals surface area contributed by atoms with Gasteiger partial charge in [-0.2, -0.15) is 0 Å². The van der Waals surface area contributed by atoms with Crippen molar-refractivity contribution >= 4 is 11.7 Å². The van der Waals surface area contributed by atoms with E-state index in [1.54, 1.807) is 6.07 Å². The van der Waals surface area contributed by atoms with Gasteiger partial charge in [0.15, 0.2) is 0 Å². The molecule has 0 aliphatic heterocycles. The molecular formula is C29H34N2O3. The first-order chi connectivity index (χ1) is 16.6. The van der Waals surface area contributed by atoms with Crippen molar-refractivity contribution in [2.75, 3.05) is 18.4 Å². The maximum atomic E-state index is 11.7. The van der Waals surface area contributed by atoms with Crippen molar-refractivity contribution in [2.24, 2.45) is 0 Å². The molecule has 0 bridgehead atoms. The molecule has 0 aromatic heterocycles. The molecule has 5 heteroatoms. The van der Waals surface area contributed by atoms with Gasteiger partial charge in [-0.05, 0) is 60.2 Å². The van der Waals surface area contributed by atoms with Crippen LogP contribution >= 0.6 is 0 Å². The molecule has 0 saturated heterocycles. The van der Waals surface area contributed by atoms with E-state index in [4.69, 9.17) is 0 Å². The second-order valence-corrected chi connectivity index (χ2v) is 9.12. The van der Waals surface area contributed by atoms with E-state index in [1.807, 2.05) is 42.5 Å². The van der Waals surface area contributed by atoms with E-state index < -0.39 is 12.1 Å². The van der Waals surface area contributed by atoms with Gasteiger partial charge >= 0.3 is 5.97 Å². The van der Waals surface area contributed by atoms with Crippen LogP contribution in [0.3, 0.4) is 0 Å². The highest BCUT2D eigenvalue weighted by atomic mass is 16.4. The van der Waals surface area contributed by atoms with Gasteiger partial charge in [0.05, 0.1) is 11.7 Å². The average molecular weight is 459 g/mol. The summed E-state index contributed by atoms with van der Waals surface area (Å²) in [5, 5.41) is 26.7. The number of hydrogen-bond donors (Lipinski definition) is 4. The molecule has 1 saturated carbocycles. The van der Waals surface area contributed by atoms with Crippen LogP contribution < -0.4 is 10.6 Å². The molecule has 1 atom stereocenters. The number of aliphatic hydroxyl groups excluding tert-OH is 1. The van der Waals surface area contributed by atoms with Crippen molar-refractivity contribution in [1.82, 2.24) is 5.32 Å². The summed E-state index contributed by atoms with van der Waals surface area (Å²) in [4.78, 5) is 11.7. The van der Waals surface area contributed by atoms with Crippen LogP contribution in [0, 0.1) is 0 Å². The van der Waals surface area contributed by atoms with E-state index in [2.05, 4.69) is 34.9 Å². The predicted molar refractivity (Wildman–Crippen MR) is 137 cm³/mol. The molecule has 0 unspecified atom stereocenters. The van der Waals surface area contributed by atoms with Gasteiger partial charge in [0.2, 0.25) is 0 Å². The summed E-state index contributed by atoms with van der Waals surface area (Å²) in [7, 11) is 0. The number of rotatable bonds is 10. The van der Waals surface area contributed by atoms with Gasteiger partial charge in [-0.3, -0.25) is 0 Å². The molecule has 1 aliphatic carbocycles. The Morgan fingerprint density at radius 1 is 0.912 bits per heavy atom. The highest BCUT2D eigenvalue weighted by Gasteiger charge is 2.17. The number of nitrogens with one attached hydrogen (secondary N) is 2. The van der Waals surface area contributed by atoms with Gasteiger partial charge in [0, 0.05) is 18.3 Å². The Labute approximate surface area is 201 Å². The van der Waals surface area contributed by atoms with Crippen LogP contribution in [-0.2, 0) is 6.42 Å². The molecule has 1 aliphatic rings. The van der Waals surface area contributed by atoms with Gasteiger partial charge in [-0.15, -0.1) is 0 Å². The molecular weight excluding hydrogens is 424 g/mol. The largest absolute Gasteiger partial charge is 0.478 e. The number of carboxylic acid groups (broad SMARTS) is 1. The van der Waals surface area contributed by atoms with Gasteiger partial charge < -0.3 is 20.8 Å². The van der Waals surface area contributed by atoms with Crippen LogP contribution in [-0.4, -0.2) is 35.3 Å². The van der Waals surface area contributed by atoms with Gasteiger partial charge in [-0.25, -0.2) is 4.79 Å². The Morgan fingerprint density at radius 3 is 2.32 bits per heavy atom. The minimum Gasteiger partial charge on any atom is -0.478 e. The number of carbonyl (C=O) groups is 1. The second kappa shape index (κ2) is 11.8. The fourth-order valence-corrected chi connectivity index (χ4v) is 4.62. The summed E-state index contributed by atoms with van der Waals surface area (Å²) in [5.41, 5.74) is 5.26. The van der Waals surface area contributed by atoms with Crippen molar-refractivity contribution in [3.63, 3.8) is 0 Å². The highest BCUT2D eigenvalue weighted by Crippen LogP contribution is 2.29. The molecule has 4 rings (SSSR count). The predicted octanol–water partition coefficient (Wildman–Crippen LogP) is 5.66. The van der Waals surface area contributed by atoms with E-state index in [-0.39, 0.29) is 0 Å². The summed E-state index contributed by atoms with van der Waals surface area (Å²) in [5.74, 6) is -0.898. The van der Waals surface area contributed by atoms with E-state index >= 15 is 0 Å². The lowest BCUT2D eigenvalue weighted by atomic mass is 9.94. The number of carboxylic acids is 1. The quantitative estimate of drug-likeness (QED) is 0.295. The van der Waals surface area contributed by atoms with Crippen molar-refractivity contribution in [2.45, 2.75) is 50.7 Å². The summed E-state index contributed by atoms with van der Waals surface area (Å²) in [6, 6.07) is 24.0. The summed E-state index contributed by atoms with van der Waals surface area (Å²) in [6.45, 7) is 1.31. The first kappa shape index (κ1) is 24.0. The fraction of sp³-hybridized carbons (Fsp3) is 0.345. The van der Waals surface area contributed by atoms with Crippen molar-refractivity contribution in [3.05, 3.63) is 89.5 Å². The zero-order valence-corrected chi connectivity index (χ0v) is 19.5. The topological polar surface area (TPSA) is 81.6 Å². The zero-order valence-electron chi connectivity index (χ0n) is 19.5. The summed E-state index contributed by atoms with van der Waals surface area (Å²) in [6.07, 6.45) is 6.20. The van der Waals surface area contributed by atoms with E-state index in [9.17, 15) is 15.0 Å². The third-order valence-electron chi connectivity index (χ3n) is 6.61. The fourth-order valence-electron chi connectivity index (χ4n) is 4.62. The van der Waals surface area contributed by atoms with Gasteiger partial charge in [-0.1, -0.05) is 79.9 Å². The Hall–Kier alpha value is -3.15. The van der Waals surface area contributed by atoms with Crippen LogP contribution in [0.25, 0.3) is 11.1 Å². The number of anilines is 1. The van der Waals surface area contributed by atoms with Crippen molar-refractivity contribution in [1.29, 1.82) is 0 Å². The number of benzene rings is 3. The molecule has 4 N–H and O–H groups in total. The number of aliphatic hydroxyl groups is 1. The third kappa shape index (κ3) is 6.46. The van der Waals surface area contributed by atoms with Crippen molar-refractivity contribution in [3.8, 4) is 11.1 Å². The lowest BCUT2D eigenvalue weighted by Crippen LogP contribution is -2.23. The molecule has 3 aromatic rings. The summed E-state index contributed by atoms with van der Waals surface area (Å²) >= 11 is 0. The monoisotopic (exact) mass is 458 g/mol. The highest BCUT2D eigenvalue weighted by molar-refractivity contribution is 5.95. The molecule has 1 fully saturated rings. The SMILES string of the molecule is O=C(O)c1ccc(-c2ccc(CCNC[C@@H](O)c3ccccc3)cc2)cc1NC1CCCCC1. The number of hydrogen-bond acceptors (Lipinski definition) is 4. The van der Waals surface area contributed by atoms with E-state index in [1.165, 1.54) is 24.8 Å². The molecule has 34 heavy (non-hydrogen) atoms. The average Bonchev–Trinajstić information content (AvgIpc) is 2.88. The lowest BCUT2D eigenvalue weighted by molar-refractivity contribution is 0.0698. The van der Waals surface area contributed by atoms with E-state index in [0.29, 0.717) is 23.8 Å². The summed E-state index contributed by atoms with van der Waals surface area (Å²) < 4.78 is 0. The Morgan fingerprint density at radius 2 is 1.62 bits per heavy atom. The molecule has 5 nitrogen and oxygen atoms in total.